The van der Waals surface area contributed by atoms with Crippen LogP contribution < -0.4 is 0 Å². The van der Waals surface area contributed by atoms with Gasteiger partial charge in [0.05, 0.1) is 17.3 Å². The van der Waals surface area contributed by atoms with E-state index in [2.05, 4.69) is 36.2 Å². The number of hydrogen-bond donors (Lipinski definition) is 0. The average molecular weight is 282 g/mol. The van der Waals surface area contributed by atoms with Crippen LogP contribution in [0.5, 0.6) is 0 Å². The van der Waals surface area contributed by atoms with Gasteiger partial charge in [-0.3, -0.25) is 9.36 Å². The molecule has 2 heterocycles. The maximum atomic E-state index is 12.9. The first-order chi connectivity index (χ1) is 10.2. The van der Waals surface area contributed by atoms with Crippen molar-refractivity contribution in [2.75, 3.05) is 6.54 Å². The van der Waals surface area contributed by atoms with Crippen LogP contribution in [0.3, 0.4) is 0 Å². The largest absolute Gasteiger partial charge is 0.328 e. The second-order valence-electron chi connectivity index (χ2n) is 5.51. The van der Waals surface area contributed by atoms with Crippen LogP contribution >= 0.6 is 0 Å². The first kappa shape index (κ1) is 13.5. The van der Waals surface area contributed by atoms with Crippen LogP contribution in [0.1, 0.15) is 24.2 Å². The van der Waals surface area contributed by atoms with E-state index in [9.17, 15) is 4.79 Å². The fourth-order valence-corrected chi connectivity index (χ4v) is 2.70. The molecule has 0 saturated heterocycles. The van der Waals surface area contributed by atoms with Crippen LogP contribution in [-0.4, -0.2) is 38.2 Å². The molecule has 3 rings (SSSR count). The van der Waals surface area contributed by atoms with Crippen molar-refractivity contribution in [1.82, 2.24) is 19.7 Å². The molecule has 0 bridgehead atoms. The zero-order chi connectivity index (χ0) is 14.8. The van der Waals surface area contributed by atoms with E-state index < -0.39 is 0 Å². The highest BCUT2D eigenvalue weighted by Crippen LogP contribution is 2.23. The van der Waals surface area contributed by atoms with Gasteiger partial charge in [-0.2, -0.15) is 0 Å². The first-order valence-electron chi connectivity index (χ1n) is 7.10. The monoisotopic (exact) mass is 282 g/mol. The molecule has 0 fully saturated rings. The van der Waals surface area contributed by atoms with Gasteiger partial charge in [-0.05, 0) is 18.1 Å². The minimum absolute atomic E-state index is 0.0444. The van der Waals surface area contributed by atoms with Gasteiger partial charge in [0.1, 0.15) is 12.7 Å². The van der Waals surface area contributed by atoms with Gasteiger partial charge >= 0.3 is 0 Å². The molecule has 1 atom stereocenters. The number of carbonyl (C=O) groups is 1. The summed E-state index contributed by atoms with van der Waals surface area (Å²) >= 11 is 0. The topological polar surface area (TPSA) is 51.0 Å². The van der Waals surface area contributed by atoms with Crippen molar-refractivity contribution in [3.63, 3.8) is 0 Å². The Labute approximate surface area is 123 Å². The third kappa shape index (κ3) is 2.46. The molecular formula is C16H18N4O. The second-order valence-corrected chi connectivity index (χ2v) is 5.51. The molecule has 5 nitrogen and oxygen atoms in total. The lowest BCUT2D eigenvalue weighted by molar-refractivity contribution is 0.0720. The Kier molecular flexibility index (Phi) is 3.56. The summed E-state index contributed by atoms with van der Waals surface area (Å²) in [7, 11) is 0. The first-order valence-corrected chi connectivity index (χ1v) is 7.10. The van der Waals surface area contributed by atoms with Gasteiger partial charge in [-0.1, -0.05) is 38.1 Å². The standard InChI is InChI=1S/C16H18N4O/c1-12(2)14-8-5-9-20(14)16(21)13-6-3-4-7-15(13)19-10-17-18-11-19/h3-8,10-12,14H,9H2,1-2H3/t14-/m1/s1. The molecule has 0 unspecified atom stereocenters. The molecule has 0 spiro atoms. The fourth-order valence-electron chi connectivity index (χ4n) is 2.70. The summed E-state index contributed by atoms with van der Waals surface area (Å²) in [6.45, 7) is 4.93. The number of amides is 1. The van der Waals surface area contributed by atoms with Gasteiger partial charge in [-0.25, -0.2) is 0 Å². The molecule has 0 radical (unpaired) electrons. The van der Waals surface area contributed by atoms with E-state index in [1.807, 2.05) is 29.2 Å². The van der Waals surface area contributed by atoms with Crippen molar-refractivity contribution in [1.29, 1.82) is 0 Å². The van der Waals surface area contributed by atoms with E-state index in [4.69, 9.17) is 0 Å². The summed E-state index contributed by atoms with van der Waals surface area (Å²) in [6, 6.07) is 7.72. The maximum absolute atomic E-state index is 12.9. The molecule has 1 aromatic heterocycles. The van der Waals surface area contributed by atoms with E-state index in [0.29, 0.717) is 18.0 Å². The predicted octanol–water partition coefficient (Wildman–Crippen LogP) is 2.30. The highest BCUT2D eigenvalue weighted by atomic mass is 16.2. The third-order valence-electron chi connectivity index (χ3n) is 3.77. The number of para-hydroxylation sites is 1. The van der Waals surface area contributed by atoms with Gasteiger partial charge < -0.3 is 4.90 Å². The van der Waals surface area contributed by atoms with Crippen LogP contribution in [0.2, 0.25) is 0 Å². The van der Waals surface area contributed by atoms with Crippen LogP contribution in [0.15, 0.2) is 49.1 Å². The van der Waals surface area contributed by atoms with E-state index >= 15 is 0 Å². The molecule has 1 aliphatic heterocycles. The summed E-state index contributed by atoms with van der Waals surface area (Å²) in [5.74, 6) is 0.442. The normalized spacial score (nSPS) is 17.7. The van der Waals surface area contributed by atoms with Crippen molar-refractivity contribution in [3.8, 4) is 5.69 Å². The molecule has 1 aromatic carbocycles. The average Bonchev–Trinajstić information content (AvgIpc) is 3.17. The van der Waals surface area contributed by atoms with E-state index in [0.717, 1.165) is 5.69 Å². The number of carbonyl (C=O) groups excluding carboxylic acids is 1. The zero-order valence-electron chi connectivity index (χ0n) is 12.2. The predicted molar refractivity (Wildman–Crippen MR) is 80.2 cm³/mol. The molecule has 21 heavy (non-hydrogen) atoms. The van der Waals surface area contributed by atoms with Crippen molar-refractivity contribution in [2.45, 2.75) is 19.9 Å². The Bertz CT molecular complexity index is 661. The van der Waals surface area contributed by atoms with Crippen LogP contribution in [0, 0.1) is 5.92 Å². The molecule has 108 valence electrons. The second kappa shape index (κ2) is 5.52. The van der Waals surface area contributed by atoms with Crippen molar-refractivity contribution < 1.29 is 4.79 Å². The molecule has 0 aliphatic carbocycles. The molecular weight excluding hydrogens is 264 g/mol. The van der Waals surface area contributed by atoms with E-state index in [1.165, 1.54) is 0 Å². The minimum Gasteiger partial charge on any atom is -0.328 e. The number of nitrogens with zero attached hydrogens (tertiary/aromatic N) is 4. The Morgan fingerprint density at radius 1 is 1.24 bits per heavy atom. The Hall–Kier alpha value is -2.43. The summed E-state index contributed by atoms with van der Waals surface area (Å²) in [4.78, 5) is 14.8. The van der Waals surface area contributed by atoms with Gasteiger partial charge in [0.2, 0.25) is 0 Å². The summed E-state index contributed by atoms with van der Waals surface area (Å²) in [5.41, 5.74) is 1.48. The van der Waals surface area contributed by atoms with Gasteiger partial charge in [0.25, 0.3) is 5.91 Å². The fraction of sp³-hybridized carbons (Fsp3) is 0.312. The molecule has 0 N–H and O–H groups in total. The third-order valence-corrected chi connectivity index (χ3v) is 3.77. The van der Waals surface area contributed by atoms with Crippen LogP contribution in [0.25, 0.3) is 5.69 Å². The summed E-state index contributed by atoms with van der Waals surface area (Å²) in [5, 5.41) is 7.63. The minimum atomic E-state index is 0.0444. The maximum Gasteiger partial charge on any atom is 0.256 e. The lowest BCUT2D eigenvalue weighted by atomic mass is 10.0. The smallest absolute Gasteiger partial charge is 0.256 e. The van der Waals surface area contributed by atoms with Crippen molar-refractivity contribution in [3.05, 3.63) is 54.6 Å². The van der Waals surface area contributed by atoms with Crippen molar-refractivity contribution in [2.24, 2.45) is 5.92 Å². The molecule has 5 heteroatoms. The number of benzene rings is 1. The van der Waals surface area contributed by atoms with Crippen LogP contribution in [0.4, 0.5) is 0 Å². The molecule has 1 aliphatic rings. The van der Waals surface area contributed by atoms with Gasteiger partial charge in [0, 0.05) is 6.54 Å². The number of aromatic nitrogens is 3. The summed E-state index contributed by atoms with van der Waals surface area (Å²) in [6.07, 6.45) is 7.39. The van der Waals surface area contributed by atoms with Gasteiger partial charge in [0.15, 0.2) is 0 Å². The SMILES string of the molecule is CC(C)[C@H]1C=CCN1C(=O)c1ccccc1-n1cnnc1. The Balaban J connectivity index is 1.96. The Morgan fingerprint density at radius 3 is 2.67 bits per heavy atom. The lowest BCUT2D eigenvalue weighted by Gasteiger charge is -2.28. The van der Waals surface area contributed by atoms with E-state index in [1.54, 1.807) is 17.2 Å². The highest BCUT2D eigenvalue weighted by Gasteiger charge is 2.29. The van der Waals surface area contributed by atoms with E-state index in [-0.39, 0.29) is 11.9 Å². The Morgan fingerprint density at radius 2 is 1.95 bits per heavy atom. The van der Waals surface area contributed by atoms with Crippen LogP contribution in [-0.2, 0) is 0 Å². The quantitative estimate of drug-likeness (QED) is 0.812. The number of hydrogen-bond acceptors (Lipinski definition) is 3. The highest BCUT2D eigenvalue weighted by molar-refractivity contribution is 5.98. The number of rotatable bonds is 3. The zero-order valence-corrected chi connectivity index (χ0v) is 12.2. The van der Waals surface area contributed by atoms with Gasteiger partial charge in [-0.15, -0.1) is 10.2 Å². The molecule has 0 saturated carbocycles. The lowest BCUT2D eigenvalue weighted by Crippen LogP contribution is -2.39. The molecule has 2 aromatic rings. The van der Waals surface area contributed by atoms with Crippen molar-refractivity contribution >= 4 is 5.91 Å². The summed E-state index contributed by atoms with van der Waals surface area (Å²) < 4.78 is 1.76. The molecule has 1 amide bonds.